The maximum absolute atomic E-state index is 6.06. The Labute approximate surface area is 109 Å². The lowest BCUT2D eigenvalue weighted by Gasteiger charge is -2.17. The number of hydrogen-bond acceptors (Lipinski definition) is 2. The number of hydrogen-bond donors (Lipinski definition) is 1. The molecule has 1 N–H and O–H groups in total. The van der Waals surface area contributed by atoms with Gasteiger partial charge in [0.15, 0.2) is 0 Å². The minimum Gasteiger partial charge on any atom is -0.372 e. The first-order valence-electron chi connectivity index (χ1n) is 6.21. The van der Waals surface area contributed by atoms with Gasteiger partial charge in [0.05, 0.1) is 12.7 Å². The fraction of sp³-hybridized carbons (Fsp3) is 0.571. The van der Waals surface area contributed by atoms with Gasteiger partial charge in [-0.1, -0.05) is 36.7 Å². The fourth-order valence-corrected chi connectivity index (χ4v) is 1.61. The summed E-state index contributed by atoms with van der Waals surface area (Å²) in [5, 5.41) is 4.20. The van der Waals surface area contributed by atoms with Crippen molar-refractivity contribution in [2.24, 2.45) is 0 Å². The molecule has 2 nitrogen and oxygen atoms in total. The molecule has 3 heteroatoms. The smallest absolute Gasteiger partial charge is 0.0735 e. The average molecular weight is 256 g/mol. The van der Waals surface area contributed by atoms with Gasteiger partial charge in [0.2, 0.25) is 0 Å². The van der Waals surface area contributed by atoms with E-state index in [1.807, 2.05) is 24.3 Å². The lowest BCUT2D eigenvalue weighted by Crippen LogP contribution is -2.33. The molecule has 96 valence electrons. The van der Waals surface area contributed by atoms with Crippen molar-refractivity contribution in [1.29, 1.82) is 0 Å². The summed E-state index contributed by atoms with van der Waals surface area (Å²) in [7, 11) is 0. The molecule has 0 bridgehead atoms. The Morgan fingerprint density at radius 1 is 1.29 bits per heavy atom. The lowest BCUT2D eigenvalue weighted by atomic mass is 10.2. The van der Waals surface area contributed by atoms with Gasteiger partial charge in [0.1, 0.15) is 0 Å². The molecule has 1 aromatic rings. The normalized spacial score (nSPS) is 14.6. The van der Waals surface area contributed by atoms with Crippen LogP contribution in [0, 0.1) is 0 Å². The van der Waals surface area contributed by atoms with E-state index in [1.54, 1.807) is 0 Å². The van der Waals surface area contributed by atoms with Gasteiger partial charge in [0, 0.05) is 17.6 Å². The maximum Gasteiger partial charge on any atom is 0.0735 e. The highest BCUT2D eigenvalue weighted by molar-refractivity contribution is 6.31. The molecule has 2 unspecified atom stereocenters. The highest BCUT2D eigenvalue weighted by atomic mass is 35.5. The Hall–Kier alpha value is -0.570. The van der Waals surface area contributed by atoms with Crippen molar-refractivity contribution in [3.8, 4) is 0 Å². The van der Waals surface area contributed by atoms with Gasteiger partial charge in [0.25, 0.3) is 0 Å². The molecule has 0 aliphatic carbocycles. The van der Waals surface area contributed by atoms with Gasteiger partial charge in [-0.3, -0.25) is 0 Å². The van der Waals surface area contributed by atoms with E-state index in [0.717, 1.165) is 23.6 Å². The summed E-state index contributed by atoms with van der Waals surface area (Å²) < 4.78 is 5.76. The van der Waals surface area contributed by atoms with E-state index in [2.05, 4.69) is 26.1 Å². The van der Waals surface area contributed by atoms with Crippen molar-refractivity contribution in [1.82, 2.24) is 5.32 Å². The fourth-order valence-electron chi connectivity index (χ4n) is 1.42. The summed E-state index contributed by atoms with van der Waals surface area (Å²) in [5.74, 6) is 0. The van der Waals surface area contributed by atoms with Crippen molar-refractivity contribution >= 4 is 11.6 Å². The third-order valence-corrected chi connectivity index (χ3v) is 3.22. The third kappa shape index (κ3) is 5.53. The van der Waals surface area contributed by atoms with Gasteiger partial charge in [-0.25, -0.2) is 0 Å². The Morgan fingerprint density at radius 2 is 2.00 bits per heavy atom. The topological polar surface area (TPSA) is 21.3 Å². The summed E-state index contributed by atoms with van der Waals surface area (Å²) in [6.45, 7) is 7.88. The lowest BCUT2D eigenvalue weighted by molar-refractivity contribution is 0.0516. The van der Waals surface area contributed by atoms with Crippen LogP contribution >= 0.6 is 11.6 Å². The maximum atomic E-state index is 6.06. The summed E-state index contributed by atoms with van der Waals surface area (Å²) >= 11 is 6.06. The van der Waals surface area contributed by atoms with Gasteiger partial charge in [-0.15, -0.1) is 0 Å². The number of halogens is 1. The Kier molecular flexibility index (Phi) is 6.56. The van der Waals surface area contributed by atoms with Gasteiger partial charge in [-0.2, -0.15) is 0 Å². The first-order valence-corrected chi connectivity index (χ1v) is 6.59. The highest BCUT2D eigenvalue weighted by Gasteiger charge is 2.06. The predicted octanol–water partition coefficient (Wildman–Crippen LogP) is 3.63. The number of rotatable bonds is 7. The minimum absolute atomic E-state index is 0.195. The second-order valence-corrected chi connectivity index (χ2v) is 4.84. The molecular formula is C14H22ClNO. The van der Waals surface area contributed by atoms with Crippen LogP contribution in [-0.4, -0.2) is 18.7 Å². The number of nitrogens with one attached hydrogen (secondary N) is 1. The van der Waals surface area contributed by atoms with Crippen LogP contribution in [0.1, 0.15) is 32.8 Å². The second-order valence-electron chi connectivity index (χ2n) is 4.43. The molecular weight excluding hydrogens is 234 g/mol. The first kappa shape index (κ1) is 14.5. The molecule has 0 aromatic heterocycles. The van der Waals surface area contributed by atoms with Gasteiger partial charge in [-0.05, 0) is 31.9 Å². The number of benzene rings is 1. The van der Waals surface area contributed by atoms with Crippen molar-refractivity contribution in [3.63, 3.8) is 0 Å². The van der Waals surface area contributed by atoms with Crippen LogP contribution in [0.2, 0.25) is 5.02 Å². The van der Waals surface area contributed by atoms with Crippen LogP contribution < -0.4 is 5.32 Å². The van der Waals surface area contributed by atoms with Crippen molar-refractivity contribution in [2.45, 2.75) is 45.9 Å². The molecule has 0 radical (unpaired) electrons. The molecule has 0 fully saturated rings. The van der Waals surface area contributed by atoms with E-state index in [0.29, 0.717) is 12.6 Å². The Morgan fingerprint density at radius 3 is 2.65 bits per heavy atom. The third-order valence-electron chi connectivity index (χ3n) is 2.85. The number of ether oxygens (including phenoxy) is 1. The zero-order valence-corrected chi connectivity index (χ0v) is 11.6. The standard InChI is InChI=1S/C14H22ClNO/c1-4-11(2)16-9-12(3)17-10-13-7-5-6-8-14(13)15/h5-8,11-12,16H,4,9-10H2,1-3H3. The monoisotopic (exact) mass is 255 g/mol. The summed E-state index contributed by atoms with van der Waals surface area (Å²) in [4.78, 5) is 0. The van der Waals surface area contributed by atoms with Crippen molar-refractivity contribution < 1.29 is 4.74 Å². The van der Waals surface area contributed by atoms with Crippen LogP contribution in [0.25, 0.3) is 0 Å². The minimum atomic E-state index is 0.195. The molecule has 1 rings (SSSR count). The van der Waals surface area contributed by atoms with E-state index in [9.17, 15) is 0 Å². The highest BCUT2D eigenvalue weighted by Crippen LogP contribution is 2.16. The average Bonchev–Trinajstić information content (AvgIpc) is 2.35. The summed E-state index contributed by atoms with van der Waals surface area (Å²) in [5.41, 5.74) is 1.05. The largest absolute Gasteiger partial charge is 0.372 e. The van der Waals surface area contributed by atoms with Crippen molar-refractivity contribution in [2.75, 3.05) is 6.54 Å². The summed E-state index contributed by atoms with van der Waals surface area (Å²) in [6.07, 6.45) is 1.33. The zero-order chi connectivity index (χ0) is 12.7. The molecule has 2 atom stereocenters. The SMILES string of the molecule is CCC(C)NCC(C)OCc1ccccc1Cl. The molecule has 0 aliphatic heterocycles. The quantitative estimate of drug-likeness (QED) is 0.803. The van der Waals surface area contributed by atoms with Gasteiger partial charge >= 0.3 is 0 Å². The predicted molar refractivity (Wildman–Crippen MR) is 73.5 cm³/mol. The molecule has 17 heavy (non-hydrogen) atoms. The van der Waals surface area contributed by atoms with Crippen LogP contribution in [0.15, 0.2) is 24.3 Å². The van der Waals surface area contributed by atoms with E-state index in [1.165, 1.54) is 0 Å². The molecule has 0 heterocycles. The van der Waals surface area contributed by atoms with Crippen LogP contribution in [-0.2, 0) is 11.3 Å². The van der Waals surface area contributed by atoms with E-state index >= 15 is 0 Å². The molecule has 0 spiro atoms. The van der Waals surface area contributed by atoms with Crippen LogP contribution in [0.4, 0.5) is 0 Å². The molecule has 0 amide bonds. The summed E-state index contributed by atoms with van der Waals surface area (Å²) in [6, 6.07) is 8.34. The van der Waals surface area contributed by atoms with E-state index in [4.69, 9.17) is 16.3 Å². The first-order chi connectivity index (χ1) is 8.13. The Balaban J connectivity index is 2.28. The van der Waals surface area contributed by atoms with Crippen molar-refractivity contribution in [3.05, 3.63) is 34.9 Å². The molecule has 0 saturated carbocycles. The van der Waals surface area contributed by atoms with Crippen LogP contribution in [0.5, 0.6) is 0 Å². The van der Waals surface area contributed by atoms with E-state index in [-0.39, 0.29) is 6.10 Å². The Bertz CT molecular complexity index is 330. The molecule has 0 aliphatic rings. The van der Waals surface area contributed by atoms with Gasteiger partial charge < -0.3 is 10.1 Å². The second kappa shape index (κ2) is 7.70. The van der Waals surface area contributed by atoms with Crippen LogP contribution in [0.3, 0.4) is 0 Å². The molecule has 1 aromatic carbocycles. The molecule has 0 saturated heterocycles. The van der Waals surface area contributed by atoms with E-state index < -0.39 is 0 Å². The zero-order valence-electron chi connectivity index (χ0n) is 10.9.